The maximum atomic E-state index is 12.9. The summed E-state index contributed by atoms with van der Waals surface area (Å²) in [6.45, 7) is 1.46. The van der Waals surface area contributed by atoms with E-state index < -0.39 is 37.3 Å². The molecule has 0 radical (unpaired) electrons. The van der Waals surface area contributed by atoms with Gasteiger partial charge in [-0.3, -0.25) is 0 Å². The van der Waals surface area contributed by atoms with Gasteiger partial charge in [0.15, 0.2) is 9.84 Å². The zero-order valence-corrected chi connectivity index (χ0v) is 12.8. The molecular formula is C12H12BrF3O3S. The van der Waals surface area contributed by atoms with Crippen molar-refractivity contribution in [2.24, 2.45) is 0 Å². The summed E-state index contributed by atoms with van der Waals surface area (Å²) < 4.78 is 63.6. The van der Waals surface area contributed by atoms with Gasteiger partial charge in [0, 0.05) is 4.47 Å². The summed E-state index contributed by atoms with van der Waals surface area (Å²) in [5.41, 5.74) is -2.30. The van der Waals surface area contributed by atoms with Crippen molar-refractivity contribution < 1.29 is 26.7 Å². The van der Waals surface area contributed by atoms with E-state index in [2.05, 4.69) is 15.9 Å². The SMILES string of the molecule is CC1(O)CC(S(=O)(=O)c2cc(Br)ccc2C(F)(F)F)C1. The summed E-state index contributed by atoms with van der Waals surface area (Å²) in [5, 5.41) is 8.60. The largest absolute Gasteiger partial charge is 0.417 e. The number of hydrogen-bond acceptors (Lipinski definition) is 3. The first-order valence-corrected chi connectivity index (χ1v) is 8.10. The fourth-order valence-electron chi connectivity index (χ4n) is 2.29. The Kier molecular flexibility index (Phi) is 3.71. The van der Waals surface area contributed by atoms with Crippen LogP contribution in [0, 0.1) is 0 Å². The van der Waals surface area contributed by atoms with Crippen molar-refractivity contribution in [3.05, 3.63) is 28.2 Å². The fourth-order valence-corrected chi connectivity index (χ4v) is 5.10. The number of aliphatic hydroxyl groups is 1. The van der Waals surface area contributed by atoms with Crippen molar-refractivity contribution in [1.29, 1.82) is 0 Å². The van der Waals surface area contributed by atoms with Crippen LogP contribution in [0.1, 0.15) is 25.3 Å². The Hall–Kier alpha value is -0.600. The van der Waals surface area contributed by atoms with Crippen LogP contribution in [0.25, 0.3) is 0 Å². The smallest absolute Gasteiger partial charge is 0.390 e. The van der Waals surface area contributed by atoms with Gasteiger partial charge < -0.3 is 5.11 Å². The van der Waals surface area contributed by atoms with Crippen molar-refractivity contribution >= 4 is 25.8 Å². The third-order valence-corrected chi connectivity index (χ3v) is 5.98. The van der Waals surface area contributed by atoms with Gasteiger partial charge in [-0.1, -0.05) is 15.9 Å². The molecule has 0 amide bonds. The third kappa shape index (κ3) is 2.87. The highest BCUT2D eigenvalue weighted by atomic mass is 79.9. The molecule has 0 aromatic heterocycles. The summed E-state index contributed by atoms with van der Waals surface area (Å²) >= 11 is 2.99. The molecule has 20 heavy (non-hydrogen) atoms. The van der Waals surface area contributed by atoms with Gasteiger partial charge in [-0.25, -0.2) is 8.42 Å². The zero-order valence-electron chi connectivity index (χ0n) is 10.4. The summed E-state index contributed by atoms with van der Waals surface area (Å²) in [6, 6.07) is 2.86. The molecule has 1 N–H and O–H groups in total. The Morgan fingerprint density at radius 3 is 2.35 bits per heavy atom. The second-order valence-corrected chi connectivity index (χ2v) is 8.32. The predicted octanol–water partition coefficient (Wildman–Crippen LogP) is 3.16. The van der Waals surface area contributed by atoms with Crippen LogP contribution in [0.15, 0.2) is 27.6 Å². The molecule has 2 rings (SSSR count). The molecule has 3 nitrogen and oxygen atoms in total. The van der Waals surface area contributed by atoms with Crippen molar-refractivity contribution in [2.45, 2.75) is 41.7 Å². The molecule has 0 atom stereocenters. The lowest BCUT2D eigenvalue weighted by molar-refractivity contribution is -0.139. The van der Waals surface area contributed by atoms with Crippen LogP contribution in [0.2, 0.25) is 0 Å². The van der Waals surface area contributed by atoms with Crippen LogP contribution in [0.5, 0.6) is 0 Å². The van der Waals surface area contributed by atoms with Crippen molar-refractivity contribution in [1.82, 2.24) is 0 Å². The van der Waals surface area contributed by atoms with E-state index in [1.807, 2.05) is 0 Å². The number of rotatable bonds is 2. The van der Waals surface area contributed by atoms with Crippen LogP contribution in [-0.4, -0.2) is 24.4 Å². The molecule has 8 heteroatoms. The van der Waals surface area contributed by atoms with Gasteiger partial charge in [0.1, 0.15) is 0 Å². The minimum absolute atomic E-state index is 0.0564. The second-order valence-electron chi connectivity index (χ2n) is 5.21. The summed E-state index contributed by atoms with van der Waals surface area (Å²) in [7, 11) is -4.12. The summed E-state index contributed by atoms with van der Waals surface area (Å²) in [4.78, 5) is -0.736. The van der Waals surface area contributed by atoms with Gasteiger partial charge in [-0.05, 0) is 38.0 Å². The van der Waals surface area contributed by atoms with Gasteiger partial charge >= 0.3 is 6.18 Å². The number of sulfone groups is 1. The highest BCUT2D eigenvalue weighted by Crippen LogP contribution is 2.43. The van der Waals surface area contributed by atoms with Gasteiger partial charge in [0.25, 0.3) is 0 Å². The van der Waals surface area contributed by atoms with E-state index in [4.69, 9.17) is 0 Å². The topological polar surface area (TPSA) is 54.4 Å². The van der Waals surface area contributed by atoms with Crippen LogP contribution in [0.4, 0.5) is 13.2 Å². The van der Waals surface area contributed by atoms with Gasteiger partial charge in [0.05, 0.1) is 21.3 Å². The lowest BCUT2D eigenvalue weighted by atomic mass is 9.82. The van der Waals surface area contributed by atoms with Crippen LogP contribution < -0.4 is 0 Å². The Morgan fingerprint density at radius 1 is 1.35 bits per heavy atom. The molecule has 0 spiro atoms. The van der Waals surface area contributed by atoms with Crippen LogP contribution in [-0.2, 0) is 16.0 Å². The Labute approximate surface area is 122 Å². The second kappa shape index (κ2) is 4.71. The minimum Gasteiger partial charge on any atom is -0.390 e. The number of hydrogen-bond donors (Lipinski definition) is 1. The van der Waals surface area contributed by atoms with Crippen molar-refractivity contribution in [3.63, 3.8) is 0 Å². The fraction of sp³-hybridized carbons (Fsp3) is 0.500. The number of benzene rings is 1. The standard InChI is InChI=1S/C12H12BrF3O3S/c1-11(17)5-8(6-11)20(18,19)10-4-7(13)2-3-9(10)12(14,15)16/h2-4,8,17H,5-6H2,1H3. The predicted molar refractivity (Wildman–Crippen MR) is 70.0 cm³/mol. The van der Waals surface area contributed by atoms with Crippen molar-refractivity contribution in [3.8, 4) is 0 Å². The Balaban J connectivity index is 2.49. The zero-order chi connectivity index (χ0) is 15.3. The molecule has 1 fully saturated rings. The average molecular weight is 373 g/mol. The molecule has 1 aliphatic rings. The molecule has 0 saturated heterocycles. The highest BCUT2D eigenvalue weighted by Gasteiger charge is 2.48. The van der Waals surface area contributed by atoms with Crippen LogP contribution >= 0.6 is 15.9 Å². The van der Waals surface area contributed by atoms with E-state index in [0.717, 1.165) is 18.2 Å². The van der Waals surface area contributed by atoms with E-state index in [-0.39, 0.29) is 17.3 Å². The highest BCUT2D eigenvalue weighted by molar-refractivity contribution is 9.10. The first-order valence-electron chi connectivity index (χ1n) is 5.76. The number of halogens is 4. The summed E-state index contributed by atoms with van der Waals surface area (Å²) in [6.07, 6.45) is -4.85. The first-order chi connectivity index (χ1) is 8.93. The van der Waals surface area contributed by atoms with Crippen molar-refractivity contribution in [2.75, 3.05) is 0 Å². The lowest BCUT2D eigenvalue weighted by Crippen LogP contribution is -2.48. The Morgan fingerprint density at radius 2 is 1.90 bits per heavy atom. The van der Waals surface area contributed by atoms with E-state index in [0.29, 0.717) is 0 Å². The average Bonchev–Trinajstić information content (AvgIpc) is 2.23. The molecule has 1 aromatic rings. The molecule has 0 bridgehead atoms. The quantitative estimate of drug-likeness (QED) is 0.867. The molecule has 0 heterocycles. The molecule has 0 aliphatic heterocycles. The third-order valence-electron chi connectivity index (χ3n) is 3.33. The van der Waals surface area contributed by atoms with Gasteiger partial charge in [-0.2, -0.15) is 13.2 Å². The van der Waals surface area contributed by atoms with E-state index in [1.54, 1.807) is 0 Å². The monoisotopic (exact) mass is 372 g/mol. The molecular weight excluding hydrogens is 361 g/mol. The lowest BCUT2D eigenvalue weighted by Gasteiger charge is -2.40. The van der Waals surface area contributed by atoms with Gasteiger partial charge in [0.2, 0.25) is 0 Å². The maximum Gasteiger partial charge on any atom is 0.417 e. The summed E-state index contributed by atoms with van der Waals surface area (Å²) in [5.74, 6) is 0. The van der Waals surface area contributed by atoms with E-state index in [1.165, 1.54) is 6.92 Å². The van der Waals surface area contributed by atoms with E-state index in [9.17, 15) is 26.7 Å². The Bertz CT molecular complexity index is 630. The molecule has 1 aromatic carbocycles. The molecule has 1 aliphatic carbocycles. The van der Waals surface area contributed by atoms with Gasteiger partial charge in [-0.15, -0.1) is 0 Å². The van der Waals surface area contributed by atoms with E-state index >= 15 is 0 Å². The number of alkyl halides is 3. The maximum absolute atomic E-state index is 12.9. The molecule has 1 saturated carbocycles. The molecule has 0 unspecified atom stereocenters. The molecule has 112 valence electrons. The first kappa shape index (κ1) is 15.8. The minimum atomic E-state index is -4.74. The normalized spacial score (nSPS) is 27.2. The van der Waals surface area contributed by atoms with Crippen LogP contribution in [0.3, 0.4) is 0 Å².